The van der Waals surface area contributed by atoms with E-state index in [0.29, 0.717) is 24.3 Å². The molecule has 0 bridgehead atoms. The molecule has 2 aromatic rings. The zero-order valence-corrected chi connectivity index (χ0v) is 15.5. The van der Waals surface area contributed by atoms with Crippen LogP contribution in [0.2, 0.25) is 0 Å². The van der Waals surface area contributed by atoms with E-state index in [-0.39, 0.29) is 24.1 Å². The van der Waals surface area contributed by atoms with Gasteiger partial charge in [-0.25, -0.2) is 0 Å². The first-order valence-corrected chi connectivity index (χ1v) is 9.04. The molecule has 140 valence electrons. The molecule has 1 saturated heterocycles. The second-order valence-corrected chi connectivity index (χ2v) is 6.64. The maximum atomic E-state index is 12.7. The number of carbonyl (C=O) groups excluding carboxylic acids is 3. The van der Waals surface area contributed by atoms with Crippen LogP contribution >= 0.6 is 0 Å². The maximum Gasteiger partial charge on any atom is 0.253 e. The second-order valence-electron chi connectivity index (χ2n) is 6.64. The van der Waals surface area contributed by atoms with Gasteiger partial charge in [0.2, 0.25) is 11.8 Å². The standard InChI is InChI=1S/C21H23N3O3/c1-3-22-21(27)17-6-4-5-7-18(17)23-20(26)15-12-19(25)24(13-15)16-10-8-14(2)9-11-16/h4-11,15H,3,12-13H2,1-2H3,(H,22,27)(H,23,26)/t15-/m0/s1. The molecular weight excluding hydrogens is 342 g/mol. The van der Waals surface area contributed by atoms with E-state index in [4.69, 9.17) is 0 Å². The van der Waals surface area contributed by atoms with Crippen molar-refractivity contribution >= 4 is 29.1 Å². The van der Waals surface area contributed by atoms with Gasteiger partial charge in [-0.15, -0.1) is 0 Å². The zero-order chi connectivity index (χ0) is 19.4. The van der Waals surface area contributed by atoms with Crippen molar-refractivity contribution in [3.05, 3.63) is 59.7 Å². The molecule has 1 aliphatic heterocycles. The highest BCUT2D eigenvalue weighted by atomic mass is 16.2. The Morgan fingerprint density at radius 2 is 1.81 bits per heavy atom. The zero-order valence-electron chi connectivity index (χ0n) is 15.5. The number of carbonyl (C=O) groups is 3. The number of aryl methyl sites for hydroxylation is 1. The molecule has 0 radical (unpaired) electrons. The van der Waals surface area contributed by atoms with E-state index in [1.807, 2.05) is 38.1 Å². The first-order valence-electron chi connectivity index (χ1n) is 9.04. The van der Waals surface area contributed by atoms with Crippen LogP contribution in [-0.4, -0.2) is 30.8 Å². The third-order valence-corrected chi connectivity index (χ3v) is 4.61. The van der Waals surface area contributed by atoms with Gasteiger partial charge in [-0.3, -0.25) is 14.4 Å². The Bertz CT molecular complexity index is 861. The molecule has 0 aliphatic carbocycles. The highest BCUT2D eigenvalue weighted by Crippen LogP contribution is 2.27. The van der Waals surface area contributed by atoms with Crippen LogP contribution < -0.4 is 15.5 Å². The van der Waals surface area contributed by atoms with Crippen molar-refractivity contribution in [2.24, 2.45) is 5.92 Å². The van der Waals surface area contributed by atoms with Crippen molar-refractivity contribution in [2.45, 2.75) is 20.3 Å². The van der Waals surface area contributed by atoms with Crippen LogP contribution in [-0.2, 0) is 9.59 Å². The minimum atomic E-state index is -0.457. The predicted octanol–water partition coefficient (Wildman–Crippen LogP) is 2.74. The summed E-state index contributed by atoms with van der Waals surface area (Å²) in [6.07, 6.45) is 0.156. The Kier molecular flexibility index (Phi) is 5.54. The van der Waals surface area contributed by atoms with Gasteiger partial charge in [-0.05, 0) is 38.1 Å². The van der Waals surface area contributed by atoms with Crippen molar-refractivity contribution < 1.29 is 14.4 Å². The fraction of sp³-hybridized carbons (Fsp3) is 0.286. The molecule has 0 aromatic heterocycles. The van der Waals surface area contributed by atoms with Gasteiger partial charge in [0.05, 0.1) is 17.2 Å². The quantitative estimate of drug-likeness (QED) is 0.855. The maximum absolute atomic E-state index is 12.7. The molecule has 3 amide bonds. The summed E-state index contributed by atoms with van der Waals surface area (Å²) in [4.78, 5) is 38.9. The van der Waals surface area contributed by atoms with E-state index in [2.05, 4.69) is 10.6 Å². The third kappa shape index (κ3) is 4.16. The molecule has 1 fully saturated rings. The normalized spacial score (nSPS) is 16.3. The number of nitrogens with zero attached hydrogens (tertiary/aromatic N) is 1. The number of anilines is 2. The van der Waals surface area contributed by atoms with E-state index in [1.165, 1.54) is 0 Å². The Labute approximate surface area is 158 Å². The number of nitrogens with one attached hydrogen (secondary N) is 2. The molecule has 1 aliphatic rings. The monoisotopic (exact) mass is 365 g/mol. The summed E-state index contributed by atoms with van der Waals surface area (Å²) in [7, 11) is 0. The number of amides is 3. The van der Waals surface area contributed by atoms with Gasteiger partial charge in [0, 0.05) is 25.2 Å². The van der Waals surface area contributed by atoms with Crippen molar-refractivity contribution in [3.8, 4) is 0 Å². The lowest BCUT2D eigenvalue weighted by molar-refractivity contribution is -0.122. The first kappa shape index (κ1) is 18.6. The molecule has 2 aromatic carbocycles. The summed E-state index contributed by atoms with van der Waals surface area (Å²) in [6.45, 7) is 4.65. The smallest absolute Gasteiger partial charge is 0.253 e. The number of para-hydroxylation sites is 1. The molecule has 6 nitrogen and oxygen atoms in total. The summed E-state index contributed by atoms with van der Waals surface area (Å²) in [6, 6.07) is 14.5. The molecule has 27 heavy (non-hydrogen) atoms. The molecule has 0 saturated carbocycles. The number of hydrogen-bond acceptors (Lipinski definition) is 3. The molecule has 6 heteroatoms. The Balaban J connectivity index is 1.72. The fourth-order valence-electron chi connectivity index (χ4n) is 3.14. The molecular formula is C21H23N3O3. The Hall–Kier alpha value is -3.15. The van der Waals surface area contributed by atoms with Crippen LogP contribution in [0.25, 0.3) is 0 Å². The SMILES string of the molecule is CCNC(=O)c1ccccc1NC(=O)[C@H]1CC(=O)N(c2ccc(C)cc2)C1. The summed E-state index contributed by atoms with van der Waals surface area (Å²) in [5.41, 5.74) is 2.77. The minimum Gasteiger partial charge on any atom is -0.352 e. The van der Waals surface area contributed by atoms with Gasteiger partial charge in [0.15, 0.2) is 0 Å². The highest BCUT2D eigenvalue weighted by molar-refractivity contribution is 6.07. The second kappa shape index (κ2) is 8.03. The molecule has 1 atom stereocenters. The Morgan fingerprint density at radius 3 is 2.52 bits per heavy atom. The van der Waals surface area contributed by atoms with Crippen LogP contribution in [0.1, 0.15) is 29.3 Å². The average Bonchev–Trinajstić information content (AvgIpc) is 3.05. The fourth-order valence-corrected chi connectivity index (χ4v) is 3.14. The van der Waals surface area contributed by atoms with E-state index < -0.39 is 5.92 Å². The van der Waals surface area contributed by atoms with Gasteiger partial charge in [0.1, 0.15) is 0 Å². The first-order chi connectivity index (χ1) is 13.0. The predicted molar refractivity (Wildman–Crippen MR) is 105 cm³/mol. The average molecular weight is 365 g/mol. The number of hydrogen-bond donors (Lipinski definition) is 2. The third-order valence-electron chi connectivity index (χ3n) is 4.61. The van der Waals surface area contributed by atoms with Gasteiger partial charge in [-0.1, -0.05) is 29.8 Å². The van der Waals surface area contributed by atoms with Crippen LogP contribution in [0.4, 0.5) is 11.4 Å². The lowest BCUT2D eigenvalue weighted by Gasteiger charge is -2.17. The van der Waals surface area contributed by atoms with E-state index >= 15 is 0 Å². The van der Waals surface area contributed by atoms with Crippen molar-refractivity contribution in [1.29, 1.82) is 0 Å². The number of rotatable bonds is 5. The van der Waals surface area contributed by atoms with Gasteiger partial charge in [-0.2, -0.15) is 0 Å². The van der Waals surface area contributed by atoms with Gasteiger partial charge >= 0.3 is 0 Å². The van der Waals surface area contributed by atoms with E-state index in [0.717, 1.165) is 11.3 Å². The lowest BCUT2D eigenvalue weighted by atomic mass is 10.1. The van der Waals surface area contributed by atoms with Crippen molar-refractivity contribution in [1.82, 2.24) is 5.32 Å². The minimum absolute atomic E-state index is 0.0731. The van der Waals surface area contributed by atoms with Crippen molar-refractivity contribution in [3.63, 3.8) is 0 Å². The van der Waals surface area contributed by atoms with Crippen LogP contribution in [0.15, 0.2) is 48.5 Å². The largest absolute Gasteiger partial charge is 0.352 e. The topological polar surface area (TPSA) is 78.5 Å². The molecule has 0 unspecified atom stereocenters. The molecule has 3 rings (SSSR count). The van der Waals surface area contributed by atoms with Gasteiger partial charge < -0.3 is 15.5 Å². The summed E-state index contributed by atoms with van der Waals surface area (Å²) in [5.74, 6) is -1.02. The number of benzene rings is 2. The highest BCUT2D eigenvalue weighted by Gasteiger charge is 2.35. The lowest BCUT2D eigenvalue weighted by Crippen LogP contribution is -2.29. The molecule has 2 N–H and O–H groups in total. The van der Waals surface area contributed by atoms with Crippen LogP contribution in [0.5, 0.6) is 0 Å². The summed E-state index contributed by atoms with van der Waals surface area (Å²) in [5, 5.41) is 5.55. The van der Waals surface area contributed by atoms with Crippen LogP contribution in [0, 0.1) is 12.8 Å². The molecule has 0 spiro atoms. The van der Waals surface area contributed by atoms with Gasteiger partial charge in [0.25, 0.3) is 5.91 Å². The molecule has 1 heterocycles. The summed E-state index contributed by atoms with van der Waals surface area (Å²) < 4.78 is 0. The summed E-state index contributed by atoms with van der Waals surface area (Å²) >= 11 is 0. The van der Waals surface area contributed by atoms with Crippen molar-refractivity contribution in [2.75, 3.05) is 23.3 Å². The van der Waals surface area contributed by atoms with E-state index in [9.17, 15) is 14.4 Å². The Morgan fingerprint density at radius 1 is 1.11 bits per heavy atom. The van der Waals surface area contributed by atoms with Crippen LogP contribution in [0.3, 0.4) is 0 Å². The van der Waals surface area contributed by atoms with E-state index in [1.54, 1.807) is 29.2 Å².